The number of rotatable bonds is 7. The molecule has 0 spiro atoms. The van der Waals surface area contributed by atoms with Gasteiger partial charge in [-0.15, -0.1) is 12.4 Å². The van der Waals surface area contributed by atoms with Crippen molar-refractivity contribution < 1.29 is 4.74 Å². The van der Waals surface area contributed by atoms with Crippen LogP contribution in [0.2, 0.25) is 0 Å². The van der Waals surface area contributed by atoms with Gasteiger partial charge in [0.2, 0.25) is 0 Å². The van der Waals surface area contributed by atoms with Crippen LogP contribution >= 0.6 is 12.4 Å². The second-order valence-electron chi connectivity index (χ2n) is 5.75. The van der Waals surface area contributed by atoms with Crippen molar-refractivity contribution in [3.05, 3.63) is 29.3 Å². The van der Waals surface area contributed by atoms with Crippen molar-refractivity contribution >= 4 is 18.1 Å². The molecule has 0 saturated carbocycles. The molecular formula is C16H27ClN2O. The molecule has 0 fully saturated rings. The van der Waals surface area contributed by atoms with Crippen molar-refractivity contribution in [2.24, 2.45) is 5.92 Å². The summed E-state index contributed by atoms with van der Waals surface area (Å²) in [6.07, 6.45) is 1.16. The highest BCUT2D eigenvalue weighted by Gasteiger charge is 2.16. The molecule has 0 unspecified atom stereocenters. The van der Waals surface area contributed by atoms with E-state index < -0.39 is 0 Å². The molecule has 0 bridgehead atoms. The molecule has 0 amide bonds. The zero-order valence-corrected chi connectivity index (χ0v) is 13.6. The molecule has 0 aromatic heterocycles. The lowest BCUT2D eigenvalue weighted by Gasteiger charge is -2.25. The van der Waals surface area contributed by atoms with Crippen LogP contribution in [0.1, 0.15) is 25.0 Å². The van der Waals surface area contributed by atoms with Crippen molar-refractivity contribution in [2.75, 3.05) is 38.7 Å². The van der Waals surface area contributed by atoms with Gasteiger partial charge in [-0.2, -0.15) is 0 Å². The maximum absolute atomic E-state index is 5.23. The average molecular weight is 299 g/mol. The summed E-state index contributed by atoms with van der Waals surface area (Å²) in [7, 11) is 1.77. The number of halogens is 1. The van der Waals surface area contributed by atoms with Gasteiger partial charge in [-0.25, -0.2) is 0 Å². The number of ether oxygens (including phenoxy) is 1. The van der Waals surface area contributed by atoms with Crippen LogP contribution in [0.5, 0.6) is 0 Å². The summed E-state index contributed by atoms with van der Waals surface area (Å²) in [6, 6.07) is 6.67. The molecule has 114 valence electrons. The maximum atomic E-state index is 5.23. The maximum Gasteiger partial charge on any atom is 0.0589 e. The van der Waals surface area contributed by atoms with E-state index in [4.69, 9.17) is 4.74 Å². The third-order valence-electron chi connectivity index (χ3n) is 3.56. The molecule has 1 heterocycles. The lowest BCUT2D eigenvalue weighted by Crippen LogP contribution is -2.30. The fraction of sp³-hybridized carbons (Fsp3) is 0.625. The van der Waals surface area contributed by atoms with E-state index >= 15 is 0 Å². The van der Waals surface area contributed by atoms with Crippen molar-refractivity contribution in [3.8, 4) is 0 Å². The SMILES string of the molecule is COCCN(Cc1cccc2c1NCC2)CC(C)C.Cl. The summed E-state index contributed by atoms with van der Waals surface area (Å²) >= 11 is 0. The third kappa shape index (κ3) is 4.65. The first-order valence-corrected chi connectivity index (χ1v) is 7.26. The van der Waals surface area contributed by atoms with E-state index in [2.05, 4.69) is 42.3 Å². The predicted molar refractivity (Wildman–Crippen MR) is 87.9 cm³/mol. The van der Waals surface area contributed by atoms with E-state index in [1.807, 2.05) is 0 Å². The van der Waals surface area contributed by atoms with Crippen LogP contribution in [0.3, 0.4) is 0 Å². The summed E-state index contributed by atoms with van der Waals surface area (Å²) in [5.41, 5.74) is 4.26. The minimum atomic E-state index is 0. The first kappa shape index (κ1) is 17.3. The normalized spacial score (nSPS) is 13.2. The Labute approximate surface area is 129 Å². The first-order chi connectivity index (χ1) is 9.20. The molecular weight excluding hydrogens is 272 g/mol. The van der Waals surface area contributed by atoms with E-state index in [1.165, 1.54) is 16.8 Å². The van der Waals surface area contributed by atoms with Gasteiger partial charge in [-0.1, -0.05) is 32.0 Å². The molecule has 0 aliphatic carbocycles. The van der Waals surface area contributed by atoms with Gasteiger partial charge in [0.1, 0.15) is 0 Å². The summed E-state index contributed by atoms with van der Waals surface area (Å²) in [6.45, 7) is 9.55. The van der Waals surface area contributed by atoms with Crippen molar-refractivity contribution in [1.82, 2.24) is 4.90 Å². The van der Waals surface area contributed by atoms with E-state index in [-0.39, 0.29) is 12.4 Å². The standard InChI is InChI=1S/C16H26N2O.ClH/c1-13(2)11-18(9-10-19-3)12-15-6-4-5-14-7-8-17-16(14)15;/h4-6,13,17H,7-12H2,1-3H3;1H. The molecule has 20 heavy (non-hydrogen) atoms. The summed E-state index contributed by atoms with van der Waals surface area (Å²) in [4.78, 5) is 2.49. The van der Waals surface area contributed by atoms with Crippen LogP contribution in [0.4, 0.5) is 5.69 Å². The van der Waals surface area contributed by atoms with Crippen LogP contribution in [0.15, 0.2) is 18.2 Å². The van der Waals surface area contributed by atoms with Gasteiger partial charge in [0.05, 0.1) is 6.61 Å². The molecule has 0 saturated heterocycles. The zero-order chi connectivity index (χ0) is 13.7. The molecule has 1 aromatic rings. The molecule has 3 nitrogen and oxygen atoms in total. The lowest BCUT2D eigenvalue weighted by molar-refractivity contribution is 0.136. The van der Waals surface area contributed by atoms with Gasteiger partial charge in [-0.05, 0) is 23.5 Å². The lowest BCUT2D eigenvalue weighted by atomic mass is 10.1. The van der Waals surface area contributed by atoms with Gasteiger partial charge < -0.3 is 10.1 Å². The largest absolute Gasteiger partial charge is 0.384 e. The fourth-order valence-electron chi connectivity index (χ4n) is 2.76. The van der Waals surface area contributed by atoms with E-state index in [0.29, 0.717) is 5.92 Å². The first-order valence-electron chi connectivity index (χ1n) is 7.26. The Hall–Kier alpha value is -0.770. The number of nitrogens with zero attached hydrogens (tertiary/aromatic N) is 1. The average Bonchev–Trinajstić information content (AvgIpc) is 2.84. The minimum Gasteiger partial charge on any atom is -0.384 e. The van der Waals surface area contributed by atoms with Crippen LogP contribution < -0.4 is 5.32 Å². The van der Waals surface area contributed by atoms with Gasteiger partial charge in [-0.3, -0.25) is 4.90 Å². The van der Waals surface area contributed by atoms with Crippen LogP contribution in [0, 0.1) is 5.92 Å². The summed E-state index contributed by atoms with van der Waals surface area (Å²) in [5, 5.41) is 3.53. The van der Waals surface area contributed by atoms with Crippen molar-refractivity contribution in [1.29, 1.82) is 0 Å². The Balaban J connectivity index is 0.00000200. The van der Waals surface area contributed by atoms with E-state index in [9.17, 15) is 0 Å². The van der Waals surface area contributed by atoms with Gasteiger partial charge in [0.15, 0.2) is 0 Å². The number of methoxy groups -OCH3 is 1. The predicted octanol–water partition coefficient (Wildman–Crippen LogP) is 3.18. The quantitative estimate of drug-likeness (QED) is 0.837. The highest BCUT2D eigenvalue weighted by molar-refractivity contribution is 5.85. The molecule has 0 radical (unpaired) electrons. The topological polar surface area (TPSA) is 24.5 Å². The fourth-order valence-corrected chi connectivity index (χ4v) is 2.76. The zero-order valence-electron chi connectivity index (χ0n) is 12.8. The third-order valence-corrected chi connectivity index (χ3v) is 3.56. The number of para-hydroxylation sites is 1. The number of benzene rings is 1. The number of hydrogen-bond acceptors (Lipinski definition) is 3. The molecule has 1 aliphatic rings. The molecule has 1 N–H and O–H groups in total. The van der Waals surface area contributed by atoms with Crippen molar-refractivity contribution in [3.63, 3.8) is 0 Å². The Morgan fingerprint density at radius 1 is 1.35 bits per heavy atom. The monoisotopic (exact) mass is 298 g/mol. The Morgan fingerprint density at radius 3 is 2.85 bits per heavy atom. The number of nitrogens with one attached hydrogen (secondary N) is 1. The molecule has 2 rings (SSSR count). The highest BCUT2D eigenvalue weighted by atomic mass is 35.5. The van der Waals surface area contributed by atoms with E-state index in [1.54, 1.807) is 7.11 Å². The molecule has 0 atom stereocenters. The number of anilines is 1. The van der Waals surface area contributed by atoms with Gasteiger partial charge >= 0.3 is 0 Å². The highest BCUT2D eigenvalue weighted by Crippen LogP contribution is 2.27. The Kier molecular flexibility index (Phi) is 7.35. The number of hydrogen-bond donors (Lipinski definition) is 1. The number of fused-ring (bicyclic) bond motifs is 1. The second kappa shape index (κ2) is 8.50. The smallest absolute Gasteiger partial charge is 0.0589 e. The van der Waals surface area contributed by atoms with Crippen LogP contribution in [0.25, 0.3) is 0 Å². The van der Waals surface area contributed by atoms with Crippen molar-refractivity contribution in [2.45, 2.75) is 26.8 Å². The Morgan fingerprint density at radius 2 is 2.15 bits per heavy atom. The van der Waals surface area contributed by atoms with Crippen LogP contribution in [-0.2, 0) is 17.7 Å². The second-order valence-corrected chi connectivity index (χ2v) is 5.75. The molecule has 1 aromatic carbocycles. The summed E-state index contributed by atoms with van der Waals surface area (Å²) in [5.74, 6) is 0.682. The van der Waals surface area contributed by atoms with E-state index in [0.717, 1.165) is 39.2 Å². The molecule has 1 aliphatic heterocycles. The van der Waals surface area contributed by atoms with Gasteiger partial charge in [0.25, 0.3) is 0 Å². The van der Waals surface area contributed by atoms with Gasteiger partial charge in [0, 0.05) is 39.0 Å². The molecule has 4 heteroatoms. The summed E-state index contributed by atoms with van der Waals surface area (Å²) < 4.78 is 5.23. The Bertz CT molecular complexity index is 409. The minimum absolute atomic E-state index is 0. The van der Waals surface area contributed by atoms with Crippen LogP contribution in [-0.4, -0.2) is 38.3 Å².